The molecule has 0 aromatic carbocycles. The van der Waals surface area contributed by atoms with Crippen molar-refractivity contribution >= 4 is 5.82 Å². The molecule has 0 atom stereocenters. The molecule has 0 spiro atoms. The van der Waals surface area contributed by atoms with E-state index in [1.54, 1.807) is 26.4 Å². The number of nitrogens with one attached hydrogen (secondary N) is 1. The molecule has 0 bridgehead atoms. The third-order valence-corrected chi connectivity index (χ3v) is 2.44. The van der Waals surface area contributed by atoms with Gasteiger partial charge in [-0.2, -0.15) is 0 Å². The molecule has 6 heteroatoms. The van der Waals surface area contributed by atoms with Crippen molar-refractivity contribution < 1.29 is 13.5 Å². The van der Waals surface area contributed by atoms with E-state index >= 15 is 0 Å². The normalized spacial score (nSPS) is 10.9. The molecule has 1 N–H and O–H groups in total. The van der Waals surface area contributed by atoms with Gasteiger partial charge in [0.25, 0.3) is 6.43 Å². The second-order valence-electron chi connectivity index (χ2n) is 3.93. The number of ether oxygens (including phenoxy) is 1. The lowest BCUT2D eigenvalue weighted by Crippen LogP contribution is -2.27. The molecule has 1 rings (SSSR count). The summed E-state index contributed by atoms with van der Waals surface area (Å²) in [7, 11) is 3.25. The van der Waals surface area contributed by atoms with Crippen molar-refractivity contribution in [3.63, 3.8) is 0 Å². The van der Waals surface area contributed by atoms with Crippen LogP contribution in [-0.2, 0) is 11.3 Å². The van der Waals surface area contributed by atoms with Gasteiger partial charge in [0, 0.05) is 39.0 Å². The van der Waals surface area contributed by atoms with Crippen LogP contribution >= 0.6 is 0 Å². The maximum absolute atomic E-state index is 12.4. The number of methoxy groups -OCH3 is 1. The third kappa shape index (κ3) is 4.93. The maximum atomic E-state index is 12.4. The highest BCUT2D eigenvalue weighted by atomic mass is 19.3. The summed E-state index contributed by atoms with van der Waals surface area (Å²) in [4.78, 5) is 5.62. The lowest BCUT2D eigenvalue weighted by molar-refractivity contribution is 0.156. The zero-order valence-electron chi connectivity index (χ0n) is 10.7. The molecule has 1 aromatic heterocycles. The molecule has 0 aliphatic carbocycles. The molecule has 0 radical (unpaired) electrons. The van der Waals surface area contributed by atoms with E-state index in [0.717, 1.165) is 5.56 Å². The van der Waals surface area contributed by atoms with Gasteiger partial charge in [-0.1, -0.05) is 6.07 Å². The number of nitrogens with zero attached hydrogens (tertiary/aromatic N) is 2. The molecule has 0 saturated heterocycles. The van der Waals surface area contributed by atoms with Gasteiger partial charge in [-0.3, -0.25) is 0 Å². The van der Waals surface area contributed by atoms with Crippen molar-refractivity contribution in [1.82, 2.24) is 10.3 Å². The predicted molar refractivity (Wildman–Crippen MR) is 67.1 cm³/mol. The second kappa shape index (κ2) is 7.94. The van der Waals surface area contributed by atoms with Crippen LogP contribution in [0.5, 0.6) is 0 Å². The van der Waals surface area contributed by atoms with Crippen molar-refractivity contribution in [2.45, 2.75) is 13.0 Å². The Kier molecular flexibility index (Phi) is 6.53. The maximum Gasteiger partial charge on any atom is 0.255 e. The summed E-state index contributed by atoms with van der Waals surface area (Å²) in [6, 6.07) is 3.68. The van der Waals surface area contributed by atoms with Crippen LogP contribution in [0.25, 0.3) is 0 Å². The number of halogens is 2. The first-order valence-electron chi connectivity index (χ1n) is 5.78. The van der Waals surface area contributed by atoms with Gasteiger partial charge in [0.2, 0.25) is 0 Å². The number of pyridine rings is 1. The summed E-state index contributed by atoms with van der Waals surface area (Å²) in [5, 5.41) is 3.17. The molecule has 1 aromatic rings. The SMILES string of the molecule is COCCNCc1cccnc1N(C)CC(F)F. The van der Waals surface area contributed by atoms with Gasteiger partial charge >= 0.3 is 0 Å². The first-order chi connectivity index (χ1) is 8.65. The minimum Gasteiger partial charge on any atom is -0.383 e. The van der Waals surface area contributed by atoms with E-state index in [2.05, 4.69) is 10.3 Å². The molecule has 4 nitrogen and oxygen atoms in total. The molecule has 0 unspecified atom stereocenters. The number of hydrogen-bond donors (Lipinski definition) is 1. The number of rotatable bonds is 8. The molecule has 1 heterocycles. The van der Waals surface area contributed by atoms with Gasteiger partial charge in [-0.25, -0.2) is 13.8 Å². The van der Waals surface area contributed by atoms with Crippen LogP contribution < -0.4 is 10.2 Å². The zero-order valence-corrected chi connectivity index (χ0v) is 10.7. The van der Waals surface area contributed by atoms with E-state index in [1.165, 1.54) is 4.90 Å². The fraction of sp³-hybridized carbons (Fsp3) is 0.583. The Morgan fingerprint density at radius 2 is 2.28 bits per heavy atom. The van der Waals surface area contributed by atoms with Gasteiger partial charge in [0.1, 0.15) is 5.82 Å². The summed E-state index contributed by atoms with van der Waals surface area (Å²) in [5.41, 5.74) is 0.900. The monoisotopic (exact) mass is 259 g/mol. The molecular formula is C12H19F2N3O. The molecule has 0 aliphatic rings. The molecule has 0 fully saturated rings. The minimum atomic E-state index is -2.37. The van der Waals surface area contributed by atoms with Gasteiger partial charge in [-0.05, 0) is 6.07 Å². The van der Waals surface area contributed by atoms with E-state index in [4.69, 9.17) is 4.74 Å². The molecule has 18 heavy (non-hydrogen) atoms. The van der Waals surface area contributed by atoms with E-state index < -0.39 is 6.43 Å². The summed E-state index contributed by atoms with van der Waals surface area (Å²) in [5.74, 6) is 0.586. The summed E-state index contributed by atoms with van der Waals surface area (Å²) < 4.78 is 29.6. The van der Waals surface area contributed by atoms with Gasteiger partial charge < -0.3 is 15.0 Å². The Morgan fingerprint density at radius 1 is 1.50 bits per heavy atom. The van der Waals surface area contributed by atoms with Crippen molar-refractivity contribution in [3.05, 3.63) is 23.9 Å². The van der Waals surface area contributed by atoms with E-state index in [-0.39, 0.29) is 6.54 Å². The van der Waals surface area contributed by atoms with Crippen LogP contribution in [0.15, 0.2) is 18.3 Å². The van der Waals surface area contributed by atoms with Crippen molar-refractivity contribution in [1.29, 1.82) is 0 Å². The van der Waals surface area contributed by atoms with Gasteiger partial charge in [-0.15, -0.1) is 0 Å². The van der Waals surface area contributed by atoms with Gasteiger partial charge in [0.05, 0.1) is 13.2 Å². The summed E-state index contributed by atoms with van der Waals surface area (Å²) >= 11 is 0. The molecular weight excluding hydrogens is 240 g/mol. The standard InChI is InChI=1S/C12H19F2N3O/c1-17(9-11(13)14)12-10(4-3-5-16-12)8-15-6-7-18-2/h3-5,11,15H,6-9H2,1-2H3. The number of alkyl halides is 2. The van der Waals surface area contributed by atoms with Crippen molar-refractivity contribution in [2.75, 3.05) is 38.8 Å². The third-order valence-electron chi connectivity index (χ3n) is 2.44. The molecule has 102 valence electrons. The van der Waals surface area contributed by atoms with E-state index in [1.807, 2.05) is 6.07 Å². The highest BCUT2D eigenvalue weighted by Crippen LogP contribution is 2.16. The first kappa shape index (κ1) is 14.8. The Labute approximate surface area is 106 Å². The highest BCUT2D eigenvalue weighted by Gasteiger charge is 2.12. The average Bonchev–Trinajstić information content (AvgIpc) is 2.34. The van der Waals surface area contributed by atoms with Crippen LogP contribution in [0.4, 0.5) is 14.6 Å². The smallest absolute Gasteiger partial charge is 0.255 e. The Bertz CT molecular complexity index is 350. The number of hydrogen-bond acceptors (Lipinski definition) is 4. The minimum absolute atomic E-state index is 0.317. The molecule has 0 saturated carbocycles. The van der Waals surface area contributed by atoms with E-state index in [0.29, 0.717) is 25.5 Å². The zero-order chi connectivity index (χ0) is 13.4. The Hall–Kier alpha value is -1.27. The van der Waals surface area contributed by atoms with Crippen LogP contribution in [-0.4, -0.2) is 45.3 Å². The lowest BCUT2D eigenvalue weighted by Gasteiger charge is -2.20. The molecule has 0 amide bonds. The van der Waals surface area contributed by atoms with Crippen LogP contribution in [0.3, 0.4) is 0 Å². The predicted octanol–water partition coefficient (Wildman–Crippen LogP) is 1.52. The van der Waals surface area contributed by atoms with Crippen LogP contribution in [0.2, 0.25) is 0 Å². The Morgan fingerprint density at radius 3 is 2.94 bits per heavy atom. The average molecular weight is 259 g/mol. The summed E-state index contributed by atoms with van der Waals surface area (Å²) in [6.45, 7) is 1.59. The van der Waals surface area contributed by atoms with Crippen LogP contribution in [0.1, 0.15) is 5.56 Å². The van der Waals surface area contributed by atoms with Gasteiger partial charge in [0.15, 0.2) is 0 Å². The summed E-state index contributed by atoms with van der Waals surface area (Å²) in [6.07, 6.45) is -0.762. The second-order valence-corrected chi connectivity index (χ2v) is 3.93. The first-order valence-corrected chi connectivity index (χ1v) is 5.78. The number of aromatic nitrogens is 1. The Balaban J connectivity index is 2.61. The fourth-order valence-electron chi connectivity index (χ4n) is 1.60. The van der Waals surface area contributed by atoms with E-state index in [9.17, 15) is 8.78 Å². The quantitative estimate of drug-likeness (QED) is 0.718. The lowest BCUT2D eigenvalue weighted by atomic mass is 10.2. The largest absolute Gasteiger partial charge is 0.383 e. The molecule has 0 aliphatic heterocycles. The van der Waals surface area contributed by atoms with Crippen molar-refractivity contribution in [2.24, 2.45) is 0 Å². The topological polar surface area (TPSA) is 37.4 Å². The van der Waals surface area contributed by atoms with Crippen molar-refractivity contribution in [3.8, 4) is 0 Å². The number of anilines is 1. The van der Waals surface area contributed by atoms with Crippen LogP contribution in [0, 0.1) is 0 Å². The highest BCUT2D eigenvalue weighted by molar-refractivity contribution is 5.45. The fourth-order valence-corrected chi connectivity index (χ4v) is 1.60.